The van der Waals surface area contributed by atoms with E-state index in [4.69, 9.17) is 5.84 Å². The summed E-state index contributed by atoms with van der Waals surface area (Å²) in [6.07, 6.45) is 1.54. The molecule has 0 aliphatic heterocycles. The fourth-order valence-corrected chi connectivity index (χ4v) is 2.59. The van der Waals surface area contributed by atoms with Crippen LogP contribution in [0, 0.1) is 0 Å². The lowest BCUT2D eigenvalue weighted by Crippen LogP contribution is -2.33. The van der Waals surface area contributed by atoms with Crippen molar-refractivity contribution in [1.82, 2.24) is 20.2 Å². The van der Waals surface area contributed by atoms with E-state index in [0.29, 0.717) is 0 Å². The van der Waals surface area contributed by atoms with Crippen molar-refractivity contribution in [3.63, 3.8) is 0 Å². The number of hydrazine groups is 1. The lowest BCUT2D eigenvalue weighted by Gasteiger charge is -2.10. The third-order valence-corrected chi connectivity index (χ3v) is 4.16. The Balaban J connectivity index is 1.98. The lowest BCUT2D eigenvalue weighted by atomic mass is 10.00. The third kappa shape index (κ3) is 3.37. The van der Waals surface area contributed by atoms with Crippen LogP contribution >= 0.6 is 11.8 Å². The first-order valence-electron chi connectivity index (χ1n) is 6.18. The van der Waals surface area contributed by atoms with E-state index in [0.717, 1.165) is 16.5 Å². The Bertz CT molecular complexity index is 581. The smallest absolute Gasteiger partial charge is 0.241 e. The first-order valence-corrected chi connectivity index (χ1v) is 7.16. The standard InChI is InChI=1S/C13H17N5OS/c1-9(12(19)17-14)11-5-3-10(4-6-11)7-20-13-15-8-16-18(13)2/h3-6,8-9H,7,14H2,1-2H3,(H,17,19). The van der Waals surface area contributed by atoms with Gasteiger partial charge in [-0.15, -0.1) is 0 Å². The number of hydrogen-bond donors (Lipinski definition) is 2. The SMILES string of the molecule is CC(C(=O)NN)c1ccc(CSc2ncnn2C)cc1. The second-order valence-electron chi connectivity index (χ2n) is 4.43. The molecule has 0 aliphatic carbocycles. The summed E-state index contributed by atoms with van der Waals surface area (Å²) in [4.78, 5) is 15.6. The van der Waals surface area contributed by atoms with Crippen molar-refractivity contribution in [1.29, 1.82) is 0 Å². The molecule has 0 fully saturated rings. The maximum atomic E-state index is 11.5. The molecule has 3 N–H and O–H groups in total. The van der Waals surface area contributed by atoms with E-state index in [1.165, 1.54) is 5.56 Å². The Hall–Kier alpha value is -1.86. The largest absolute Gasteiger partial charge is 0.294 e. The van der Waals surface area contributed by atoms with E-state index in [1.807, 2.05) is 38.2 Å². The number of thioether (sulfide) groups is 1. The van der Waals surface area contributed by atoms with Crippen LogP contribution in [0.5, 0.6) is 0 Å². The Morgan fingerprint density at radius 2 is 2.15 bits per heavy atom. The average Bonchev–Trinajstić information content (AvgIpc) is 2.89. The Morgan fingerprint density at radius 1 is 1.45 bits per heavy atom. The second kappa shape index (κ2) is 6.53. The number of carbonyl (C=O) groups is 1. The molecule has 0 bridgehead atoms. The maximum absolute atomic E-state index is 11.5. The minimum absolute atomic E-state index is 0.189. The van der Waals surface area contributed by atoms with Gasteiger partial charge in [0.05, 0.1) is 5.92 Å². The van der Waals surface area contributed by atoms with Gasteiger partial charge in [0.1, 0.15) is 6.33 Å². The van der Waals surface area contributed by atoms with E-state index in [2.05, 4.69) is 15.5 Å². The van der Waals surface area contributed by atoms with E-state index >= 15 is 0 Å². The number of aryl methyl sites for hydroxylation is 1. The molecule has 0 saturated heterocycles. The highest BCUT2D eigenvalue weighted by atomic mass is 32.2. The quantitative estimate of drug-likeness (QED) is 0.374. The Labute approximate surface area is 121 Å². The first kappa shape index (κ1) is 14.5. The van der Waals surface area contributed by atoms with Gasteiger partial charge in [-0.1, -0.05) is 36.0 Å². The summed E-state index contributed by atoms with van der Waals surface area (Å²) < 4.78 is 1.74. The highest BCUT2D eigenvalue weighted by molar-refractivity contribution is 7.98. The number of carbonyl (C=O) groups excluding carboxylic acids is 1. The number of nitrogens with two attached hydrogens (primary N) is 1. The summed E-state index contributed by atoms with van der Waals surface area (Å²) in [7, 11) is 1.87. The predicted octanol–water partition coefficient (Wildman–Crippen LogP) is 1.20. The van der Waals surface area contributed by atoms with Gasteiger partial charge < -0.3 is 0 Å². The van der Waals surface area contributed by atoms with Crippen LogP contribution in [-0.2, 0) is 17.6 Å². The van der Waals surface area contributed by atoms with E-state index in [-0.39, 0.29) is 11.8 Å². The van der Waals surface area contributed by atoms with E-state index in [1.54, 1.807) is 22.8 Å². The molecule has 1 unspecified atom stereocenters. The van der Waals surface area contributed by atoms with Gasteiger partial charge >= 0.3 is 0 Å². The molecule has 6 nitrogen and oxygen atoms in total. The molecule has 7 heteroatoms. The van der Waals surface area contributed by atoms with Crippen molar-refractivity contribution in [2.24, 2.45) is 12.9 Å². The maximum Gasteiger partial charge on any atom is 0.241 e. The molecule has 2 rings (SSSR count). The fourth-order valence-electron chi connectivity index (χ4n) is 1.74. The highest BCUT2D eigenvalue weighted by Gasteiger charge is 2.13. The summed E-state index contributed by atoms with van der Waals surface area (Å²) >= 11 is 1.62. The number of hydrogen-bond acceptors (Lipinski definition) is 5. The number of benzene rings is 1. The van der Waals surface area contributed by atoms with Gasteiger partial charge in [0.25, 0.3) is 0 Å². The molecule has 1 heterocycles. The topological polar surface area (TPSA) is 85.8 Å². The number of amides is 1. The zero-order valence-electron chi connectivity index (χ0n) is 11.4. The summed E-state index contributed by atoms with van der Waals surface area (Å²) in [6, 6.07) is 7.93. The van der Waals surface area contributed by atoms with Crippen LogP contribution in [0.15, 0.2) is 35.7 Å². The zero-order chi connectivity index (χ0) is 14.5. The van der Waals surface area contributed by atoms with Crippen LogP contribution in [0.1, 0.15) is 24.0 Å². The number of rotatable bonds is 5. The molecule has 1 aromatic carbocycles. The van der Waals surface area contributed by atoms with Gasteiger partial charge in [0.15, 0.2) is 5.16 Å². The molecule has 1 atom stereocenters. The van der Waals surface area contributed by atoms with Crippen LogP contribution in [0.25, 0.3) is 0 Å². The molecule has 0 radical (unpaired) electrons. The van der Waals surface area contributed by atoms with Crippen LogP contribution in [0.2, 0.25) is 0 Å². The van der Waals surface area contributed by atoms with Gasteiger partial charge in [0.2, 0.25) is 5.91 Å². The number of nitrogens with one attached hydrogen (secondary N) is 1. The van der Waals surface area contributed by atoms with E-state index in [9.17, 15) is 4.79 Å². The van der Waals surface area contributed by atoms with Crippen LogP contribution in [0.4, 0.5) is 0 Å². The van der Waals surface area contributed by atoms with Gasteiger partial charge in [-0.25, -0.2) is 15.5 Å². The molecular weight excluding hydrogens is 274 g/mol. The van der Waals surface area contributed by atoms with Crippen molar-refractivity contribution < 1.29 is 4.79 Å². The van der Waals surface area contributed by atoms with Crippen molar-refractivity contribution in [3.8, 4) is 0 Å². The van der Waals surface area contributed by atoms with Crippen molar-refractivity contribution >= 4 is 17.7 Å². The first-order chi connectivity index (χ1) is 9.61. The summed E-state index contributed by atoms with van der Waals surface area (Å²) in [5.74, 6) is 5.51. The average molecular weight is 291 g/mol. The lowest BCUT2D eigenvalue weighted by molar-refractivity contribution is -0.122. The van der Waals surface area contributed by atoms with Gasteiger partial charge in [-0.05, 0) is 18.1 Å². The second-order valence-corrected chi connectivity index (χ2v) is 5.37. The number of aromatic nitrogens is 3. The van der Waals surface area contributed by atoms with Gasteiger partial charge in [-0.3, -0.25) is 10.2 Å². The van der Waals surface area contributed by atoms with Gasteiger partial charge in [0, 0.05) is 12.8 Å². The minimum atomic E-state index is -0.250. The Morgan fingerprint density at radius 3 is 2.70 bits per heavy atom. The van der Waals surface area contributed by atoms with Crippen LogP contribution in [-0.4, -0.2) is 20.7 Å². The van der Waals surface area contributed by atoms with Gasteiger partial charge in [-0.2, -0.15) is 5.10 Å². The van der Waals surface area contributed by atoms with Crippen LogP contribution in [0.3, 0.4) is 0 Å². The Kier molecular flexibility index (Phi) is 4.75. The monoisotopic (exact) mass is 291 g/mol. The minimum Gasteiger partial charge on any atom is -0.294 e. The molecule has 0 saturated carbocycles. The molecule has 0 aliphatic rings. The molecule has 20 heavy (non-hydrogen) atoms. The molecule has 2 aromatic rings. The normalized spacial score (nSPS) is 12.2. The number of nitrogens with zero attached hydrogens (tertiary/aromatic N) is 3. The van der Waals surface area contributed by atoms with Crippen molar-refractivity contribution in [2.45, 2.75) is 23.8 Å². The summed E-state index contributed by atoms with van der Waals surface area (Å²) in [6.45, 7) is 1.82. The fraction of sp³-hybridized carbons (Fsp3) is 0.308. The zero-order valence-corrected chi connectivity index (χ0v) is 12.2. The predicted molar refractivity (Wildman–Crippen MR) is 77.8 cm³/mol. The van der Waals surface area contributed by atoms with E-state index < -0.39 is 0 Å². The van der Waals surface area contributed by atoms with Crippen LogP contribution < -0.4 is 11.3 Å². The molecule has 1 amide bonds. The molecular formula is C13H17N5OS. The molecule has 1 aromatic heterocycles. The summed E-state index contributed by atoms with van der Waals surface area (Å²) in [5, 5.41) is 4.90. The van der Waals surface area contributed by atoms with Crippen molar-refractivity contribution in [3.05, 3.63) is 41.7 Å². The van der Waals surface area contributed by atoms with Crippen molar-refractivity contribution in [2.75, 3.05) is 0 Å². The molecule has 0 spiro atoms. The highest BCUT2D eigenvalue weighted by Crippen LogP contribution is 2.22. The summed E-state index contributed by atoms with van der Waals surface area (Å²) in [5.41, 5.74) is 4.28. The third-order valence-electron chi connectivity index (χ3n) is 3.05. The molecule has 106 valence electrons.